The van der Waals surface area contributed by atoms with Crippen molar-refractivity contribution in [2.45, 2.75) is 6.36 Å². The summed E-state index contributed by atoms with van der Waals surface area (Å²) in [5, 5.41) is 12.1. The molecule has 3 N–H and O–H groups in total. The van der Waals surface area contributed by atoms with E-state index < -0.39 is 47.3 Å². The van der Waals surface area contributed by atoms with Gasteiger partial charge in [-0.05, 0) is 28.1 Å². The van der Waals surface area contributed by atoms with Crippen LogP contribution in [0.2, 0.25) is 0 Å². The summed E-state index contributed by atoms with van der Waals surface area (Å²) in [6, 6.07) is 2.83. The van der Waals surface area contributed by atoms with Crippen LogP contribution < -0.4 is 15.4 Å². The molecule has 0 radical (unpaired) electrons. The van der Waals surface area contributed by atoms with Gasteiger partial charge in [-0.25, -0.2) is 4.39 Å². The number of hydrogen-bond donors (Lipinski definition) is 3. The summed E-state index contributed by atoms with van der Waals surface area (Å²) >= 11 is 8.81. The number of likely N-dealkylation sites (tertiary alicyclic amines) is 1. The average molecular weight is 516 g/mol. The summed E-state index contributed by atoms with van der Waals surface area (Å²) in [6.07, 6.45) is -5.19. The first-order valence-electron chi connectivity index (χ1n) is 8.29. The molecule has 1 aromatic rings. The van der Waals surface area contributed by atoms with E-state index in [4.69, 9.17) is 17.0 Å². The molecule has 1 fully saturated rings. The fraction of sp³-hybridized carbons (Fsp3) is 0.353. The Morgan fingerprint density at radius 3 is 2.57 bits per heavy atom. The fourth-order valence-corrected chi connectivity index (χ4v) is 3.66. The highest BCUT2D eigenvalue weighted by Crippen LogP contribution is 2.36. The summed E-state index contributed by atoms with van der Waals surface area (Å²) < 4.78 is 55.5. The minimum atomic E-state index is -5.19. The van der Waals surface area contributed by atoms with E-state index in [1.807, 2.05) is 0 Å². The Bertz CT molecular complexity index is 909. The van der Waals surface area contributed by atoms with Crippen LogP contribution >= 0.6 is 27.5 Å². The molecule has 7 nitrogen and oxygen atoms in total. The van der Waals surface area contributed by atoms with E-state index in [0.717, 1.165) is 18.2 Å². The van der Waals surface area contributed by atoms with E-state index in [9.17, 15) is 27.2 Å². The number of hydrogen-bond acceptors (Lipinski definition) is 5. The summed E-state index contributed by atoms with van der Waals surface area (Å²) in [4.78, 5) is 26.7. The van der Waals surface area contributed by atoms with E-state index in [1.165, 1.54) is 19.0 Å². The van der Waals surface area contributed by atoms with Gasteiger partial charge in [-0.15, -0.1) is 13.2 Å². The zero-order valence-corrected chi connectivity index (χ0v) is 17.9. The number of rotatable bonds is 6. The summed E-state index contributed by atoms with van der Waals surface area (Å²) in [6.45, 7) is 0.0709. The van der Waals surface area contributed by atoms with Crippen molar-refractivity contribution in [2.75, 3.05) is 26.0 Å². The standard InChI is InChI=1S/C17H16BrClF4N4O3/c1-25-12(11(18)14(19)24)7-6-27(2)16(29)10(7)15(28)26-9-5-3-4-8(20)13(9)30-17(21,22)23/h3-5,7,10,24-25H,6H2,1-2H3,(H,26,28)/b12-11+,24-14?/t7-,10-/m0/s1. The highest BCUT2D eigenvalue weighted by molar-refractivity contribution is 9.12. The van der Waals surface area contributed by atoms with Gasteiger partial charge in [0.2, 0.25) is 11.8 Å². The third kappa shape index (κ3) is 5.22. The lowest BCUT2D eigenvalue weighted by molar-refractivity contribution is -0.275. The van der Waals surface area contributed by atoms with Gasteiger partial charge in [0, 0.05) is 32.3 Å². The third-order valence-electron chi connectivity index (χ3n) is 4.31. The molecule has 1 saturated heterocycles. The normalized spacial score (nSPS) is 20.0. The lowest BCUT2D eigenvalue weighted by Gasteiger charge is -2.21. The largest absolute Gasteiger partial charge is 0.573 e. The number of para-hydroxylation sites is 1. The van der Waals surface area contributed by atoms with Crippen molar-refractivity contribution in [3.63, 3.8) is 0 Å². The van der Waals surface area contributed by atoms with Gasteiger partial charge in [-0.3, -0.25) is 15.0 Å². The molecule has 0 unspecified atom stereocenters. The molecule has 30 heavy (non-hydrogen) atoms. The molecule has 2 atom stereocenters. The Morgan fingerprint density at radius 2 is 2.03 bits per heavy atom. The van der Waals surface area contributed by atoms with Crippen molar-refractivity contribution in [1.29, 1.82) is 5.41 Å². The number of halogens is 6. The fourth-order valence-electron chi connectivity index (χ4n) is 3.07. The van der Waals surface area contributed by atoms with Gasteiger partial charge in [0.05, 0.1) is 10.2 Å². The van der Waals surface area contributed by atoms with Crippen molar-refractivity contribution < 1.29 is 31.9 Å². The minimum Gasteiger partial charge on any atom is -0.400 e. The first-order valence-corrected chi connectivity index (χ1v) is 9.46. The monoisotopic (exact) mass is 514 g/mol. The predicted molar refractivity (Wildman–Crippen MR) is 105 cm³/mol. The number of nitrogens with one attached hydrogen (secondary N) is 3. The van der Waals surface area contributed by atoms with Crippen LogP contribution in [-0.2, 0) is 9.59 Å². The lowest BCUT2D eigenvalue weighted by atomic mass is 9.91. The number of anilines is 1. The Labute approximate surface area is 182 Å². The van der Waals surface area contributed by atoms with Crippen LogP contribution in [0.15, 0.2) is 28.4 Å². The molecule has 1 aromatic carbocycles. The van der Waals surface area contributed by atoms with E-state index in [2.05, 4.69) is 31.3 Å². The number of alkyl halides is 3. The number of amides is 2. The molecule has 164 valence electrons. The molecule has 1 aliphatic rings. The molecular weight excluding hydrogens is 500 g/mol. The summed E-state index contributed by atoms with van der Waals surface area (Å²) in [5.74, 6) is -6.32. The van der Waals surface area contributed by atoms with Gasteiger partial charge >= 0.3 is 6.36 Å². The van der Waals surface area contributed by atoms with Gasteiger partial charge in [-0.1, -0.05) is 17.7 Å². The summed E-state index contributed by atoms with van der Waals surface area (Å²) in [5.41, 5.74) is -0.309. The number of allylic oxidation sites excluding steroid dienone is 1. The number of ether oxygens (including phenoxy) is 1. The molecule has 0 aliphatic carbocycles. The second kappa shape index (κ2) is 9.21. The first-order chi connectivity index (χ1) is 13.9. The van der Waals surface area contributed by atoms with Crippen molar-refractivity contribution in [3.05, 3.63) is 34.2 Å². The van der Waals surface area contributed by atoms with Crippen LogP contribution in [0.3, 0.4) is 0 Å². The average Bonchev–Trinajstić information content (AvgIpc) is 2.92. The maximum Gasteiger partial charge on any atom is 0.573 e. The maximum absolute atomic E-state index is 13.9. The molecule has 0 saturated carbocycles. The van der Waals surface area contributed by atoms with Gasteiger partial charge in [0.1, 0.15) is 11.1 Å². The molecule has 1 aliphatic heterocycles. The quantitative estimate of drug-likeness (QED) is 0.308. The van der Waals surface area contributed by atoms with Crippen molar-refractivity contribution >= 4 is 50.2 Å². The lowest BCUT2D eigenvalue weighted by Crippen LogP contribution is -2.36. The van der Waals surface area contributed by atoms with Gasteiger partial charge in [0.15, 0.2) is 11.6 Å². The van der Waals surface area contributed by atoms with E-state index in [-0.39, 0.29) is 21.9 Å². The van der Waals surface area contributed by atoms with Crippen molar-refractivity contribution in [3.8, 4) is 5.75 Å². The van der Waals surface area contributed by atoms with Crippen LogP contribution in [0.25, 0.3) is 0 Å². The number of nitrogens with zero attached hydrogens (tertiary/aromatic N) is 1. The molecule has 1 heterocycles. The van der Waals surface area contributed by atoms with E-state index >= 15 is 0 Å². The molecular formula is C17H16BrClF4N4O3. The van der Waals surface area contributed by atoms with E-state index in [0.29, 0.717) is 0 Å². The van der Waals surface area contributed by atoms with Crippen molar-refractivity contribution in [2.24, 2.45) is 11.8 Å². The molecule has 0 spiro atoms. The Hall–Kier alpha value is -2.34. The topological polar surface area (TPSA) is 94.5 Å². The SMILES string of the molecule is CN/C(=C(/Br)C(=N)Cl)[C@H]1CN(C)C(=O)[C@@H]1C(=O)Nc1cccc(F)c1OC(F)(F)F. The minimum absolute atomic E-state index is 0.0709. The van der Waals surface area contributed by atoms with Crippen LogP contribution in [0.4, 0.5) is 23.2 Å². The Kier molecular flexibility index (Phi) is 7.35. The number of carbonyl (C=O) groups is 2. The zero-order chi connectivity index (χ0) is 22.8. The highest BCUT2D eigenvalue weighted by Gasteiger charge is 2.46. The molecule has 2 amide bonds. The van der Waals surface area contributed by atoms with E-state index in [1.54, 1.807) is 0 Å². The highest BCUT2D eigenvalue weighted by atomic mass is 79.9. The number of carbonyl (C=O) groups excluding carboxylic acids is 2. The third-order valence-corrected chi connectivity index (χ3v) is 5.55. The first kappa shape index (κ1) is 23.9. The molecule has 2 rings (SSSR count). The predicted octanol–water partition coefficient (Wildman–Crippen LogP) is 3.41. The van der Waals surface area contributed by atoms with Gasteiger partial charge < -0.3 is 20.3 Å². The van der Waals surface area contributed by atoms with Crippen LogP contribution in [0.1, 0.15) is 0 Å². The smallest absolute Gasteiger partial charge is 0.400 e. The zero-order valence-electron chi connectivity index (χ0n) is 15.5. The molecule has 0 bridgehead atoms. The Morgan fingerprint density at radius 1 is 1.40 bits per heavy atom. The van der Waals surface area contributed by atoms with Crippen LogP contribution in [-0.4, -0.2) is 48.9 Å². The second-order valence-corrected chi connectivity index (χ2v) is 7.42. The Balaban J connectivity index is 2.42. The maximum atomic E-state index is 13.9. The van der Waals surface area contributed by atoms with Gasteiger partial charge in [-0.2, -0.15) is 0 Å². The van der Waals surface area contributed by atoms with Crippen LogP contribution in [0.5, 0.6) is 5.75 Å². The molecule has 13 heteroatoms. The van der Waals surface area contributed by atoms with Crippen molar-refractivity contribution in [1.82, 2.24) is 10.2 Å². The number of benzene rings is 1. The van der Waals surface area contributed by atoms with Gasteiger partial charge in [0.25, 0.3) is 0 Å². The summed E-state index contributed by atoms with van der Waals surface area (Å²) in [7, 11) is 2.94. The van der Waals surface area contributed by atoms with Crippen LogP contribution in [0, 0.1) is 23.1 Å². The molecule has 0 aromatic heterocycles. The second-order valence-electron chi connectivity index (χ2n) is 6.25.